The summed E-state index contributed by atoms with van der Waals surface area (Å²) in [5, 5.41) is 2.75. The summed E-state index contributed by atoms with van der Waals surface area (Å²) in [7, 11) is -4.28. The fraction of sp³-hybridized carbons (Fsp3) is 0.286. The number of nitrogens with zero attached hydrogens (tertiary/aromatic N) is 2. The minimum Gasteiger partial charge on any atom is -0.354 e. The van der Waals surface area contributed by atoms with Crippen LogP contribution in [0, 0.1) is 18.6 Å². The van der Waals surface area contributed by atoms with Crippen LogP contribution >= 0.6 is 0 Å². The Hall–Kier alpha value is -3.79. The van der Waals surface area contributed by atoms with Gasteiger partial charge in [-0.3, -0.25) is 13.9 Å². The first kappa shape index (κ1) is 28.8. The van der Waals surface area contributed by atoms with Crippen molar-refractivity contribution in [3.8, 4) is 0 Å². The number of anilines is 1. The first-order valence-corrected chi connectivity index (χ1v) is 13.6. The number of sulfonamides is 1. The van der Waals surface area contributed by atoms with Crippen molar-refractivity contribution in [3.63, 3.8) is 0 Å². The third-order valence-corrected chi connectivity index (χ3v) is 7.77. The molecule has 0 saturated heterocycles. The number of rotatable bonds is 11. The third-order valence-electron chi connectivity index (χ3n) is 5.99. The maximum absolute atomic E-state index is 13.7. The molecule has 10 heteroatoms. The molecule has 0 aromatic heterocycles. The summed E-state index contributed by atoms with van der Waals surface area (Å²) in [5.74, 6) is -2.08. The van der Waals surface area contributed by atoms with Crippen LogP contribution in [-0.4, -0.2) is 44.3 Å². The van der Waals surface area contributed by atoms with E-state index in [1.165, 1.54) is 29.2 Å². The lowest BCUT2D eigenvalue weighted by Crippen LogP contribution is -2.51. The summed E-state index contributed by atoms with van der Waals surface area (Å²) in [5.41, 5.74) is 1.69. The van der Waals surface area contributed by atoms with E-state index in [0.29, 0.717) is 18.5 Å². The minimum atomic E-state index is -4.28. The van der Waals surface area contributed by atoms with Crippen molar-refractivity contribution >= 4 is 27.5 Å². The Morgan fingerprint density at radius 1 is 0.895 bits per heavy atom. The van der Waals surface area contributed by atoms with Crippen LogP contribution in [0.3, 0.4) is 0 Å². The van der Waals surface area contributed by atoms with E-state index < -0.39 is 46.1 Å². The molecule has 0 aliphatic rings. The Balaban J connectivity index is 2.00. The monoisotopic (exact) mass is 543 g/mol. The lowest BCUT2D eigenvalue weighted by atomic mass is 10.1. The average Bonchev–Trinajstić information content (AvgIpc) is 2.90. The fourth-order valence-corrected chi connectivity index (χ4v) is 5.15. The van der Waals surface area contributed by atoms with Gasteiger partial charge in [0, 0.05) is 13.1 Å². The van der Waals surface area contributed by atoms with Gasteiger partial charge >= 0.3 is 0 Å². The van der Waals surface area contributed by atoms with Crippen molar-refractivity contribution in [1.29, 1.82) is 0 Å². The van der Waals surface area contributed by atoms with Gasteiger partial charge in [-0.2, -0.15) is 0 Å². The van der Waals surface area contributed by atoms with Crippen LogP contribution in [0.2, 0.25) is 0 Å². The molecule has 0 fully saturated rings. The van der Waals surface area contributed by atoms with E-state index in [9.17, 15) is 26.8 Å². The standard InChI is InChI=1S/C28H31F2N3O4S/c1-4-17-31-28(35)21(3)32(18-22-7-9-23(29)10-8-22)27(34)19-33(25-13-5-20(2)6-14-25)38(36,37)26-15-11-24(30)12-16-26/h5-16,21H,4,17-19H2,1-3H3,(H,31,35)/t21-/m1/s1. The van der Waals surface area contributed by atoms with Gasteiger partial charge < -0.3 is 10.2 Å². The number of hydrogen-bond acceptors (Lipinski definition) is 4. The topological polar surface area (TPSA) is 86.8 Å². The highest BCUT2D eigenvalue weighted by Gasteiger charge is 2.32. The van der Waals surface area contributed by atoms with Crippen molar-refractivity contribution in [1.82, 2.24) is 10.2 Å². The minimum absolute atomic E-state index is 0.0435. The van der Waals surface area contributed by atoms with Gasteiger partial charge in [-0.05, 0) is 74.4 Å². The van der Waals surface area contributed by atoms with Gasteiger partial charge in [-0.15, -0.1) is 0 Å². The van der Waals surface area contributed by atoms with Crippen molar-refractivity contribution in [3.05, 3.63) is 95.6 Å². The van der Waals surface area contributed by atoms with E-state index in [1.807, 2.05) is 13.8 Å². The lowest BCUT2D eigenvalue weighted by Gasteiger charge is -2.32. The number of hydrogen-bond donors (Lipinski definition) is 1. The number of aryl methyl sites for hydroxylation is 1. The molecule has 2 amide bonds. The zero-order chi connectivity index (χ0) is 27.9. The number of halogens is 2. The molecule has 0 bridgehead atoms. The SMILES string of the molecule is CCCNC(=O)[C@@H](C)N(Cc1ccc(F)cc1)C(=O)CN(c1ccc(C)cc1)S(=O)(=O)c1ccc(F)cc1. The summed E-state index contributed by atoms with van der Waals surface area (Å²) < 4.78 is 55.2. The Labute approximate surface area is 222 Å². The van der Waals surface area contributed by atoms with Crippen LogP contribution in [0.1, 0.15) is 31.4 Å². The van der Waals surface area contributed by atoms with Gasteiger partial charge in [0.15, 0.2) is 0 Å². The molecule has 0 aliphatic heterocycles. The van der Waals surface area contributed by atoms with E-state index in [-0.39, 0.29) is 17.1 Å². The summed E-state index contributed by atoms with van der Waals surface area (Å²) in [4.78, 5) is 27.6. The molecule has 202 valence electrons. The maximum atomic E-state index is 13.7. The largest absolute Gasteiger partial charge is 0.354 e. The highest BCUT2D eigenvalue weighted by atomic mass is 32.2. The quantitative estimate of drug-likeness (QED) is 0.388. The molecule has 38 heavy (non-hydrogen) atoms. The second kappa shape index (κ2) is 12.6. The zero-order valence-corrected chi connectivity index (χ0v) is 22.3. The molecule has 0 spiro atoms. The van der Waals surface area contributed by atoms with Crippen molar-refractivity contribution < 1.29 is 26.8 Å². The van der Waals surface area contributed by atoms with Gasteiger partial charge in [0.1, 0.15) is 24.2 Å². The molecule has 3 rings (SSSR count). The Morgan fingerprint density at radius 2 is 1.45 bits per heavy atom. The van der Waals surface area contributed by atoms with Crippen LogP contribution in [0.15, 0.2) is 77.7 Å². The molecular weight excluding hydrogens is 512 g/mol. The summed E-state index contributed by atoms with van der Waals surface area (Å²) >= 11 is 0. The molecule has 0 saturated carbocycles. The van der Waals surface area contributed by atoms with Crippen molar-refractivity contribution in [2.24, 2.45) is 0 Å². The molecule has 0 aliphatic carbocycles. The van der Waals surface area contributed by atoms with Crippen molar-refractivity contribution in [2.45, 2.75) is 44.7 Å². The first-order valence-electron chi connectivity index (χ1n) is 12.2. The molecule has 1 atom stereocenters. The normalized spacial score (nSPS) is 12.0. The van der Waals surface area contributed by atoms with Gasteiger partial charge in [-0.1, -0.05) is 36.8 Å². The number of carbonyl (C=O) groups excluding carboxylic acids is 2. The highest BCUT2D eigenvalue weighted by molar-refractivity contribution is 7.92. The zero-order valence-electron chi connectivity index (χ0n) is 21.5. The van der Waals surface area contributed by atoms with Crippen LogP contribution in [0.5, 0.6) is 0 Å². The number of amides is 2. The Morgan fingerprint density at radius 3 is 2.00 bits per heavy atom. The van der Waals surface area contributed by atoms with Crippen molar-refractivity contribution in [2.75, 3.05) is 17.4 Å². The molecule has 1 N–H and O–H groups in total. The van der Waals surface area contributed by atoms with Gasteiger partial charge in [0.2, 0.25) is 11.8 Å². The molecule has 0 unspecified atom stereocenters. The smallest absolute Gasteiger partial charge is 0.264 e. The molecule has 7 nitrogen and oxygen atoms in total. The van der Waals surface area contributed by atoms with E-state index in [0.717, 1.165) is 34.1 Å². The fourth-order valence-electron chi connectivity index (χ4n) is 3.74. The Bertz CT molecular complexity index is 1350. The average molecular weight is 544 g/mol. The number of benzene rings is 3. The predicted molar refractivity (Wildman–Crippen MR) is 142 cm³/mol. The third kappa shape index (κ3) is 7.16. The summed E-state index contributed by atoms with van der Waals surface area (Å²) in [6, 6.07) is 15.5. The van der Waals surface area contributed by atoms with Crippen LogP contribution in [-0.2, 0) is 26.2 Å². The molecule has 3 aromatic carbocycles. The number of nitrogens with one attached hydrogen (secondary N) is 1. The molecule has 0 radical (unpaired) electrons. The van der Waals surface area contributed by atoms with Crippen LogP contribution < -0.4 is 9.62 Å². The first-order chi connectivity index (χ1) is 18.0. The Kier molecular flexibility index (Phi) is 9.57. The summed E-state index contributed by atoms with van der Waals surface area (Å²) in [6.45, 7) is 5.04. The molecular formula is C28H31F2N3O4S. The molecule has 0 heterocycles. The summed E-state index contributed by atoms with van der Waals surface area (Å²) in [6.07, 6.45) is 0.696. The lowest BCUT2D eigenvalue weighted by molar-refractivity contribution is -0.139. The second-order valence-corrected chi connectivity index (χ2v) is 10.8. The predicted octanol–water partition coefficient (Wildman–Crippen LogP) is 4.41. The van der Waals surface area contributed by atoms with Gasteiger partial charge in [0.05, 0.1) is 10.6 Å². The van der Waals surface area contributed by atoms with E-state index in [1.54, 1.807) is 31.2 Å². The van der Waals surface area contributed by atoms with Crippen LogP contribution in [0.4, 0.5) is 14.5 Å². The number of carbonyl (C=O) groups is 2. The maximum Gasteiger partial charge on any atom is 0.264 e. The van der Waals surface area contributed by atoms with E-state index in [4.69, 9.17) is 0 Å². The highest BCUT2D eigenvalue weighted by Crippen LogP contribution is 2.25. The van der Waals surface area contributed by atoms with Gasteiger partial charge in [0.25, 0.3) is 10.0 Å². The van der Waals surface area contributed by atoms with E-state index in [2.05, 4.69) is 5.32 Å². The van der Waals surface area contributed by atoms with E-state index >= 15 is 0 Å². The molecule has 3 aromatic rings. The second-order valence-electron chi connectivity index (χ2n) is 8.92. The van der Waals surface area contributed by atoms with Gasteiger partial charge in [-0.25, -0.2) is 17.2 Å². The van der Waals surface area contributed by atoms with Crippen LogP contribution in [0.25, 0.3) is 0 Å².